The van der Waals surface area contributed by atoms with Crippen molar-refractivity contribution in [3.05, 3.63) is 25.3 Å². The quantitative estimate of drug-likeness (QED) is 0.637. The highest BCUT2D eigenvalue weighted by Crippen LogP contribution is 1.91. The van der Waals surface area contributed by atoms with Crippen LogP contribution in [0.25, 0.3) is 0 Å². The second-order valence-corrected chi connectivity index (χ2v) is 2.58. The molecule has 0 saturated heterocycles. The van der Waals surface area contributed by atoms with E-state index < -0.39 is 17.9 Å². The monoisotopic (exact) mass is 246 g/mol. The Balaban J connectivity index is -0.000000177. The minimum atomic E-state index is -0.981. The lowest BCUT2D eigenvalue weighted by Gasteiger charge is -1.85. The van der Waals surface area contributed by atoms with Crippen LogP contribution in [0.1, 0.15) is 26.2 Å². The lowest BCUT2D eigenvalue weighted by atomic mass is 10.3. The normalized spacial score (nSPS) is 7.35. The topological polar surface area (TPSA) is 112 Å². The minimum Gasteiger partial charge on any atom is -0.481 e. The maximum absolute atomic E-state index is 9.76. The molecule has 98 valence electrons. The zero-order valence-electron chi connectivity index (χ0n) is 9.76. The van der Waals surface area contributed by atoms with Gasteiger partial charge in [-0.1, -0.05) is 26.5 Å². The molecule has 0 aliphatic rings. The molecule has 0 spiro atoms. The molecule has 0 unspecified atom stereocenters. The van der Waals surface area contributed by atoms with E-state index in [2.05, 4.69) is 13.2 Å². The molecule has 0 amide bonds. The van der Waals surface area contributed by atoms with E-state index in [-0.39, 0.29) is 0 Å². The van der Waals surface area contributed by atoms with Gasteiger partial charge in [0.2, 0.25) is 0 Å². The molecule has 0 fully saturated rings. The fraction of sp³-hybridized carbons (Fsp3) is 0.364. The first-order chi connectivity index (χ1) is 7.81. The molecule has 6 heteroatoms. The van der Waals surface area contributed by atoms with Crippen molar-refractivity contribution in [2.75, 3.05) is 0 Å². The summed E-state index contributed by atoms with van der Waals surface area (Å²) in [4.78, 5) is 28.3. The van der Waals surface area contributed by atoms with Crippen LogP contribution in [0.5, 0.6) is 0 Å². The van der Waals surface area contributed by atoms with Crippen molar-refractivity contribution in [1.29, 1.82) is 0 Å². The molecule has 0 aromatic rings. The molecule has 0 aliphatic heterocycles. The summed E-state index contributed by atoms with van der Waals surface area (Å²) in [6.07, 6.45) is 3.75. The second-order valence-electron chi connectivity index (χ2n) is 2.58. The fourth-order valence-corrected chi connectivity index (χ4v) is 0.328. The van der Waals surface area contributed by atoms with Gasteiger partial charge in [0.05, 0.1) is 0 Å². The maximum Gasteiger partial charge on any atom is 0.327 e. The molecule has 0 radical (unpaired) electrons. The summed E-state index contributed by atoms with van der Waals surface area (Å²) in [5.74, 6) is -2.66. The first kappa shape index (κ1) is 20.3. The minimum absolute atomic E-state index is 0.316. The Bertz CT molecular complexity index is 239. The smallest absolute Gasteiger partial charge is 0.327 e. The van der Waals surface area contributed by atoms with Crippen molar-refractivity contribution in [3.8, 4) is 0 Å². The van der Waals surface area contributed by atoms with Crippen LogP contribution in [0.3, 0.4) is 0 Å². The zero-order valence-corrected chi connectivity index (χ0v) is 9.76. The number of carboxylic acids is 3. The summed E-state index contributed by atoms with van der Waals surface area (Å²) in [6, 6.07) is 0. The number of hydrogen-bond donors (Lipinski definition) is 3. The summed E-state index contributed by atoms with van der Waals surface area (Å²) >= 11 is 0. The van der Waals surface area contributed by atoms with Gasteiger partial charge < -0.3 is 15.3 Å². The van der Waals surface area contributed by atoms with E-state index in [4.69, 9.17) is 15.3 Å². The first-order valence-electron chi connectivity index (χ1n) is 4.74. The van der Waals surface area contributed by atoms with Gasteiger partial charge in [-0.3, -0.25) is 4.79 Å². The molecule has 0 aromatic carbocycles. The van der Waals surface area contributed by atoms with E-state index in [9.17, 15) is 14.4 Å². The molecule has 0 heterocycles. The first-order valence-corrected chi connectivity index (χ1v) is 4.74. The van der Waals surface area contributed by atoms with Crippen LogP contribution in [0.15, 0.2) is 25.3 Å². The lowest BCUT2D eigenvalue weighted by molar-refractivity contribution is -0.137. The van der Waals surface area contributed by atoms with E-state index >= 15 is 0 Å². The Morgan fingerprint density at radius 3 is 1.35 bits per heavy atom. The van der Waals surface area contributed by atoms with Crippen LogP contribution >= 0.6 is 0 Å². The van der Waals surface area contributed by atoms with Gasteiger partial charge in [0.15, 0.2) is 0 Å². The maximum atomic E-state index is 9.76. The van der Waals surface area contributed by atoms with Gasteiger partial charge in [-0.2, -0.15) is 0 Å². The number of hydrogen-bond acceptors (Lipinski definition) is 3. The lowest BCUT2D eigenvalue weighted by Crippen LogP contribution is -1.91. The van der Waals surface area contributed by atoms with Crippen LogP contribution in [0.2, 0.25) is 0 Å². The molecule has 0 saturated carbocycles. The number of aliphatic carboxylic acids is 3. The zero-order chi connectivity index (χ0) is 14.3. The van der Waals surface area contributed by atoms with Crippen molar-refractivity contribution >= 4 is 17.9 Å². The Labute approximate surface area is 99.9 Å². The van der Waals surface area contributed by atoms with E-state index in [1.165, 1.54) is 0 Å². The number of unbranched alkanes of at least 4 members (excludes halogenated alkanes) is 1. The predicted molar refractivity (Wildman–Crippen MR) is 62.8 cm³/mol. The van der Waals surface area contributed by atoms with Crippen LogP contribution in [0.4, 0.5) is 0 Å². The second kappa shape index (κ2) is 16.3. The van der Waals surface area contributed by atoms with Crippen LogP contribution in [0, 0.1) is 0 Å². The molecule has 0 atom stereocenters. The summed E-state index contributed by atoms with van der Waals surface area (Å²) in [5, 5.41) is 23.3. The summed E-state index contributed by atoms with van der Waals surface area (Å²) in [7, 11) is 0. The predicted octanol–water partition coefficient (Wildman–Crippen LogP) is 1.78. The fourth-order valence-electron chi connectivity index (χ4n) is 0.328. The van der Waals surface area contributed by atoms with Gasteiger partial charge in [0.1, 0.15) is 0 Å². The van der Waals surface area contributed by atoms with E-state index in [0.29, 0.717) is 6.42 Å². The SMILES string of the molecule is C=CC(=O)O.C=CC(=O)O.CCCCC(=O)O. The highest BCUT2D eigenvalue weighted by molar-refractivity contribution is 5.79. The van der Waals surface area contributed by atoms with Gasteiger partial charge in [-0.25, -0.2) is 9.59 Å². The van der Waals surface area contributed by atoms with Crippen LogP contribution in [-0.4, -0.2) is 33.2 Å². The highest BCUT2D eigenvalue weighted by atomic mass is 16.4. The van der Waals surface area contributed by atoms with Crippen molar-refractivity contribution in [2.45, 2.75) is 26.2 Å². The molecular formula is C11H18O6. The van der Waals surface area contributed by atoms with Crippen LogP contribution in [-0.2, 0) is 14.4 Å². The van der Waals surface area contributed by atoms with Gasteiger partial charge in [0.25, 0.3) is 0 Å². The third-order valence-corrected chi connectivity index (χ3v) is 1.09. The molecular weight excluding hydrogens is 228 g/mol. The average molecular weight is 246 g/mol. The van der Waals surface area contributed by atoms with E-state index in [0.717, 1.165) is 25.0 Å². The molecule has 3 N–H and O–H groups in total. The van der Waals surface area contributed by atoms with Gasteiger partial charge in [-0.15, -0.1) is 0 Å². The van der Waals surface area contributed by atoms with E-state index in [1.54, 1.807) is 0 Å². The Hall–Kier alpha value is -2.11. The number of rotatable bonds is 5. The van der Waals surface area contributed by atoms with Crippen molar-refractivity contribution in [2.24, 2.45) is 0 Å². The molecule has 0 aromatic heterocycles. The Morgan fingerprint density at radius 1 is 1.00 bits per heavy atom. The standard InChI is InChI=1S/C5H10O2.2C3H4O2/c1-2-3-4-5(6)7;2*1-2-3(4)5/h2-4H2,1H3,(H,6,7);2*2H,1H2,(H,4,5). The van der Waals surface area contributed by atoms with E-state index in [1.807, 2.05) is 6.92 Å². The molecule has 0 rings (SSSR count). The molecule has 17 heavy (non-hydrogen) atoms. The van der Waals surface area contributed by atoms with Crippen LogP contribution < -0.4 is 0 Å². The number of carboxylic acid groups (broad SMARTS) is 3. The highest BCUT2D eigenvalue weighted by Gasteiger charge is 1.90. The average Bonchev–Trinajstić information content (AvgIpc) is 2.27. The van der Waals surface area contributed by atoms with Gasteiger partial charge >= 0.3 is 17.9 Å². The Morgan fingerprint density at radius 2 is 1.29 bits per heavy atom. The van der Waals surface area contributed by atoms with Gasteiger partial charge in [0, 0.05) is 18.6 Å². The van der Waals surface area contributed by atoms with Crippen molar-refractivity contribution < 1.29 is 29.7 Å². The summed E-state index contributed by atoms with van der Waals surface area (Å²) in [6.45, 7) is 7.90. The molecule has 6 nitrogen and oxygen atoms in total. The Kier molecular flexibility index (Phi) is 19.5. The van der Waals surface area contributed by atoms with Crippen molar-refractivity contribution in [3.63, 3.8) is 0 Å². The largest absolute Gasteiger partial charge is 0.481 e. The third kappa shape index (κ3) is 56.6. The van der Waals surface area contributed by atoms with Gasteiger partial charge in [-0.05, 0) is 6.42 Å². The molecule has 0 bridgehead atoms. The molecule has 0 aliphatic carbocycles. The number of carbonyl (C=O) groups is 3. The summed E-state index contributed by atoms with van der Waals surface area (Å²) in [5.41, 5.74) is 0. The third-order valence-electron chi connectivity index (χ3n) is 1.09. The summed E-state index contributed by atoms with van der Waals surface area (Å²) < 4.78 is 0. The van der Waals surface area contributed by atoms with Crippen molar-refractivity contribution in [1.82, 2.24) is 0 Å².